The summed E-state index contributed by atoms with van der Waals surface area (Å²) in [7, 11) is 0. The Hall–Kier alpha value is -2.67. The third-order valence-corrected chi connectivity index (χ3v) is 5.28. The molecule has 0 saturated carbocycles. The van der Waals surface area contributed by atoms with Gasteiger partial charge >= 0.3 is 0 Å². The molecule has 0 spiro atoms. The molecule has 4 rings (SSSR count). The van der Waals surface area contributed by atoms with Gasteiger partial charge in [-0.15, -0.1) is 0 Å². The van der Waals surface area contributed by atoms with Crippen molar-refractivity contribution in [2.24, 2.45) is 5.92 Å². The minimum Gasteiger partial charge on any atom is -0.381 e. The van der Waals surface area contributed by atoms with Gasteiger partial charge in [-0.1, -0.05) is 0 Å². The van der Waals surface area contributed by atoms with Crippen molar-refractivity contribution in [2.75, 3.05) is 30.8 Å². The van der Waals surface area contributed by atoms with Crippen molar-refractivity contribution in [3.05, 3.63) is 35.8 Å². The number of aromatic nitrogens is 3. The van der Waals surface area contributed by atoms with Crippen molar-refractivity contribution in [1.29, 1.82) is 0 Å². The second-order valence-electron chi connectivity index (χ2n) is 8.93. The predicted octanol–water partition coefficient (Wildman–Crippen LogP) is 3.54. The van der Waals surface area contributed by atoms with Crippen LogP contribution in [-0.4, -0.2) is 45.1 Å². The first kappa shape index (κ1) is 19.6. The molecule has 0 unspecified atom stereocenters. The molecule has 1 fully saturated rings. The van der Waals surface area contributed by atoms with E-state index in [4.69, 9.17) is 15.5 Å². The topological polar surface area (TPSA) is 89.2 Å². The fourth-order valence-electron chi connectivity index (χ4n) is 3.81. The summed E-state index contributed by atoms with van der Waals surface area (Å²) < 4.78 is 5.51. The largest absolute Gasteiger partial charge is 0.381 e. The van der Waals surface area contributed by atoms with Gasteiger partial charge in [0.2, 0.25) is 5.95 Å². The summed E-state index contributed by atoms with van der Waals surface area (Å²) in [6, 6.07) is 2.11. The van der Waals surface area contributed by atoms with E-state index in [0.717, 1.165) is 56.2 Å². The van der Waals surface area contributed by atoms with E-state index in [2.05, 4.69) is 59.3 Å². The van der Waals surface area contributed by atoms with Gasteiger partial charge in [-0.3, -0.25) is 0 Å². The molecule has 1 saturated heterocycles. The van der Waals surface area contributed by atoms with Crippen LogP contribution in [0.15, 0.2) is 24.7 Å². The Bertz CT molecular complexity index is 881. The normalized spacial score (nSPS) is 17.3. The smallest absolute Gasteiger partial charge is 0.219 e. The maximum atomic E-state index is 5.64. The summed E-state index contributed by atoms with van der Waals surface area (Å²) in [5.74, 6) is 1.87. The molecule has 2 aromatic heterocycles. The van der Waals surface area contributed by atoms with Crippen molar-refractivity contribution < 1.29 is 4.74 Å². The van der Waals surface area contributed by atoms with Crippen molar-refractivity contribution >= 4 is 17.8 Å². The number of hydrogen-bond acceptors (Lipinski definition) is 7. The molecule has 0 bridgehead atoms. The monoisotopic (exact) mass is 394 g/mol. The molecule has 2 aromatic rings. The Balaban J connectivity index is 1.64. The highest BCUT2D eigenvalue weighted by molar-refractivity contribution is 5.71. The zero-order valence-corrected chi connectivity index (χ0v) is 17.5. The van der Waals surface area contributed by atoms with E-state index < -0.39 is 0 Å². The molecule has 0 amide bonds. The average Bonchev–Trinajstić information content (AvgIpc) is 2.68. The van der Waals surface area contributed by atoms with Crippen LogP contribution in [0, 0.1) is 5.92 Å². The number of rotatable bonds is 4. The van der Waals surface area contributed by atoms with Gasteiger partial charge in [0.1, 0.15) is 5.82 Å². The van der Waals surface area contributed by atoms with E-state index in [1.807, 2.05) is 0 Å². The van der Waals surface area contributed by atoms with Crippen LogP contribution in [0.1, 0.15) is 44.7 Å². The Morgan fingerprint density at radius 2 is 1.93 bits per heavy atom. The summed E-state index contributed by atoms with van der Waals surface area (Å²) in [6.45, 7) is 10.1. The van der Waals surface area contributed by atoms with E-state index in [9.17, 15) is 0 Å². The molecule has 7 heteroatoms. The van der Waals surface area contributed by atoms with Gasteiger partial charge in [0.25, 0.3) is 0 Å². The number of nitrogens with two attached hydrogens (primary N) is 1. The summed E-state index contributed by atoms with van der Waals surface area (Å²) in [5.41, 5.74) is 9.66. The molecule has 29 heavy (non-hydrogen) atoms. The lowest BCUT2D eigenvalue weighted by Gasteiger charge is -2.33. The van der Waals surface area contributed by atoms with Crippen LogP contribution in [0.25, 0.3) is 17.3 Å². The molecule has 0 atom stereocenters. The van der Waals surface area contributed by atoms with Gasteiger partial charge in [-0.2, -0.15) is 0 Å². The predicted molar refractivity (Wildman–Crippen MR) is 116 cm³/mol. The SMILES string of the molecule is CC(C)(C)Nc1nc(-c2cnc(N)nc2)cc2c1CN(CC1CCOCC1)C=C2. The number of fused-ring (bicyclic) bond motifs is 1. The first-order valence-corrected chi connectivity index (χ1v) is 10.3. The summed E-state index contributed by atoms with van der Waals surface area (Å²) in [5, 5.41) is 3.60. The maximum absolute atomic E-state index is 5.64. The average molecular weight is 395 g/mol. The molecule has 2 aliphatic heterocycles. The highest BCUT2D eigenvalue weighted by Crippen LogP contribution is 2.32. The molecule has 7 nitrogen and oxygen atoms in total. The zero-order valence-electron chi connectivity index (χ0n) is 17.5. The van der Waals surface area contributed by atoms with Gasteiger partial charge in [0.15, 0.2) is 0 Å². The van der Waals surface area contributed by atoms with Crippen molar-refractivity contribution in [1.82, 2.24) is 19.9 Å². The van der Waals surface area contributed by atoms with Crippen LogP contribution in [0.5, 0.6) is 0 Å². The molecular formula is C22H30N6O. The van der Waals surface area contributed by atoms with Crippen LogP contribution in [0.2, 0.25) is 0 Å². The highest BCUT2D eigenvalue weighted by Gasteiger charge is 2.23. The quantitative estimate of drug-likeness (QED) is 0.820. The lowest BCUT2D eigenvalue weighted by atomic mass is 9.97. The highest BCUT2D eigenvalue weighted by atomic mass is 16.5. The van der Waals surface area contributed by atoms with Crippen LogP contribution in [-0.2, 0) is 11.3 Å². The van der Waals surface area contributed by atoms with E-state index in [1.165, 1.54) is 11.1 Å². The molecule has 154 valence electrons. The maximum Gasteiger partial charge on any atom is 0.219 e. The van der Waals surface area contributed by atoms with Crippen molar-refractivity contribution in [3.63, 3.8) is 0 Å². The minimum atomic E-state index is -0.0935. The number of nitrogen functional groups attached to an aromatic ring is 1. The number of hydrogen-bond donors (Lipinski definition) is 2. The first-order chi connectivity index (χ1) is 13.9. The number of pyridine rings is 1. The van der Waals surface area contributed by atoms with Gasteiger partial charge in [0.05, 0.1) is 5.69 Å². The number of nitrogens with one attached hydrogen (secondary N) is 1. The molecule has 3 N–H and O–H groups in total. The third-order valence-electron chi connectivity index (χ3n) is 5.28. The van der Waals surface area contributed by atoms with Gasteiger partial charge in [-0.05, 0) is 63.4 Å². The molecule has 4 heterocycles. The number of nitrogens with zero attached hydrogens (tertiary/aromatic N) is 4. The van der Waals surface area contributed by atoms with Crippen LogP contribution >= 0.6 is 0 Å². The molecule has 0 aliphatic carbocycles. The Morgan fingerprint density at radius 3 is 2.62 bits per heavy atom. The third kappa shape index (κ3) is 4.85. The van der Waals surface area contributed by atoms with Crippen LogP contribution < -0.4 is 11.1 Å². The standard InChI is InChI=1S/C22H30N6O/c1-22(2,3)27-20-18-14-28(13-15-5-8-29-9-6-15)7-4-16(18)10-19(26-20)17-11-24-21(23)25-12-17/h4,7,10-12,15H,5-6,8-9,13-14H2,1-3H3,(H,26,27)(H2,23,24,25). The van der Waals surface area contributed by atoms with Gasteiger partial charge < -0.3 is 20.7 Å². The van der Waals surface area contributed by atoms with Gasteiger partial charge in [0, 0.05) is 55.4 Å². The Kier molecular flexibility index (Phi) is 5.41. The fourth-order valence-corrected chi connectivity index (χ4v) is 3.81. The Labute approximate surface area is 172 Å². The molecular weight excluding hydrogens is 364 g/mol. The Morgan fingerprint density at radius 1 is 1.21 bits per heavy atom. The first-order valence-electron chi connectivity index (χ1n) is 10.3. The number of ether oxygens (including phenoxy) is 1. The van der Waals surface area contributed by atoms with Crippen LogP contribution in [0.4, 0.5) is 11.8 Å². The minimum absolute atomic E-state index is 0.0935. The molecule has 0 aromatic carbocycles. The second kappa shape index (κ2) is 7.99. The van der Waals surface area contributed by atoms with Crippen molar-refractivity contribution in [2.45, 2.75) is 45.7 Å². The van der Waals surface area contributed by atoms with E-state index in [1.54, 1.807) is 12.4 Å². The summed E-state index contributed by atoms with van der Waals surface area (Å²) >= 11 is 0. The van der Waals surface area contributed by atoms with Crippen LogP contribution in [0.3, 0.4) is 0 Å². The second-order valence-corrected chi connectivity index (χ2v) is 8.93. The lowest BCUT2D eigenvalue weighted by Crippen LogP contribution is -2.32. The van der Waals surface area contributed by atoms with Gasteiger partial charge in [-0.25, -0.2) is 15.0 Å². The molecule has 2 aliphatic rings. The molecule has 0 radical (unpaired) electrons. The van der Waals surface area contributed by atoms with E-state index in [0.29, 0.717) is 5.92 Å². The van der Waals surface area contributed by atoms with E-state index >= 15 is 0 Å². The van der Waals surface area contributed by atoms with E-state index in [-0.39, 0.29) is 11.5 Å². The fraction of sp³-hybridized carbons (Fsp3) is 0.500. The zero-order chi connectivity index (χ0) is 20.4. The summed E-state index contributed by atoms with van der Waals surface area (Å²) in [4.78, 5) is 15.6. The summed E-state index contributed by atoms with van der Waals surface area (Å²) in [6.07, 6.45) is 10.1. The number of anilines is 2. The van der Waals surface area contributed by atoms with Crippen molar-refractivity contribution in [3.8, 4) is 11.3 Å². The lowest BCUT2D eigenvalue weighted by molar-refractivity contribution is 0.0571.